The maximum Gasteiger partial charge on any atom is 0.271 e. The van der Waals surface area contributed by atoms with Crippen molar-refractivity contribution in [2.24, 2.45) is 0 Å². The van der Waals surface area contributed by atoms with E-state index in [0.717, 1.165) is 0 Å². The monoisotopic (exact) mass is 368 g/mol. The van der Waals surface area contributed by atoms with Crippen molar-refractivity contribution in [1.29, 1.82) is 0 Å². The van der Waals surface area contributed by atoms with Crippen LogP contribution in [0.5, 0.6) is 11.5 Å². The van der Waals surface area contributed by atoms with Crippen LogP contribution in [0.4, 0.5) is 0 Å². The van der Waals surface area contributed by atoms with Gasteiger partial charge in [0.25, 0.3) is 11.8 Å². The Kier molecular flexibility index (Phi) is 5.89. The number of ether oxygens (including phenoxy) is 2. The van der Waals surface area contributed by atoms with E-state index in [1.807, 2.05) is 0 Å². The molecule has 24 heavy (non-hydrogen) atoms. The van der Waals surface area contributed by atoms with Crippen molar-refractivity contribution >= 4 is 35.0 Å². The highest BCUT2D eigenvalue weighted by atomic mass is 35.5. The molecular weight excluding hydrogens is 355 g/mol. The lowest BCUT2D eigenvalue weighted by Gasteiger charge is -2.11. The first-order chi connectivity index (χ1) is 11.5. The fourth-order valence-electron chi connectivity index (χ4n) is 1.90. The van der Waals surface area contributed by atoms with Gasteiger partial charge in [0.05, 0.1) is 24.8 Å². The largest absolute Gasteiger partial charge is 0.493 e. The molecule has 0 radical (unpaired) electrons. The SMILES string of the molecule is COc1ccc(C(=O)NNC(=O)c2cc(Cl)ccc2Cl)cc1OC. The quantitative estimate of drug-likeness (QED) is 0.813. The molecule has 0 fully saturated rings. The molecule has 2 aromatic rings. The molecule has 0 bridgehead atoms. The van der Waals surface area contributed by atoms with Gasteiger partial charge in [-0.1, -0.05) is 23.2 Å². The van der Waals surface area contributed by atoms with Crippen molar-refractivity contribution < 1.29 is 19.1 Å². The van der Waals surface area contributed by atoms with E-state index < -0.39 is 11.8 Å². The van der Waals surface area contributed by atoms with Gasteiger partial charge >= 0.3 is 0 Å². The highest BCUT2D eigenvalue weighted by Gasteiger charge is 2.14. The zero-order valence-electron chi connectivity index (χ0n) is 12.9. The molecule has 0 heterocycles. The highest BCUT2D eigenvalue weighted by molar-refractivity contribution is 6.35. The Bertz CT molecular complexity index is 781. The van der Waals surface area contributed by atoms with Crippen LogP contribution in [-0.2, 0) is 0 Å². The van der Waals surface area contributed by atoms with Crippen LogP contribution >= 0.6 is 23.2 Å². The number of hydrogen-bond acceptors (Lipinski definition) is 4. The second kappa shape index (κ2) is 7.90. The number of amides is 2. The molecule has 126 valence electrons. The van der Waals surface area contributed by atoms with Crippen molar-refractivity contribution in [3.05, 3.63) is 57.6 Å². The van der Waals surface area contributed by atoms with E-state index in [1.54, 1.807) is 12.1 Å². The van der Waals surface area contributed by atoms with Crippen molar-refractivity contribution in [1.82, 2.24) is 10.9 Å². The van der Waals surface area contributed by atoms with Gasteiger partial charge in [-0.3, -0.25) is 20.4 Å². The van der Waals surface area contributed by atoms with E-state index >= 15 is 0 Å². The summed E-state index contributed by atoms with van der Waals surface area (Å²) in [5, 5.41) is 0.577. The van der Waals surface area contributed by atoms with Gasteiger partial charge in [-0.25, -0.2) is 0 Å². The molecular formula is C16H14Cl2N2O4. The van der Waals surface area contributed by atoms with Gasteiger partial charge in [0.2, 0.25) is 0 Å². The van der Waals surface area contributed by atoms with Crippen LogP contribution in [0.3, 0.4) is 0 Å². The Hall–Kier alpha value is -2.44. The molecule has 0 aliphatic rings. The summed E-state index contributed by atoms with van der Waals surface area (Å²) in [6, 6.07) is 9.07. The number of benzene rings is 2. The van der Waals surface area contributed by atoms with Crippen molar-refractivity contribution in [2.75, 3.05) is 14.2 Å². The van der Waals surface area contributed by atoms with Gasteiger partial charge in [0.15, 0.2) is 11.5 Å². The average molecular weight is 369 g/mol. The third kappa shape index (κ3) is 4.10. The summed E-state index contributed by atoms with van der Waals surface area (Å²) in [6.45, 7) is 0. The second-order valence-electron chi connectivity index (χ2n) is 4.60. The summed E-state index contributed by atoms with van der Waals surface area (Å²) < 4.78 is 10.2. The summed E-state index contributed by atoms with van der Waals surface area (Å²) in [5.74, 6) is -0.225. The summed E-state index contributed by atoms with van der Waals surface area (Å²) in [6.07, 6.45) is 0. The second-order valence-corrected chi connectivity index (χ2v) is 5.45. The van der Waals surface area contributed by atoms with E-state index in [2.05, 4.69) is 10.9 Å². The number of carbonyl (C=O) groups excluding carboxylic acids is 2. The van der Waals surface area contributed by atoms with Gasteiger partial charge < -0.3 is 9.47 Å². The molecule has 0 spiro atoms. The Morgan fingerprint density at radius 1 is 0.875 bits per heavy atom. The third-order valence-electron chi connectivity index (χ3n) is 3.11. The molecule has 0 aliphatic carbocycles. The minimum Gasteiger partial charge on any atom is -0.493 e. The minimum atomic E-state index is -0.587. The molecule has 8 heteroatoms. The van der Waals surface area contributed by atoms with E-state index in [0.29, 0.717) is 16.5 Å². The van der Waals surface area contributed by atoms with Gasteiger partial charge in [-0.05, 0) is 36.4 Å². The molecule has 0 saturated heterocycles. The van der Waals surface area contributed by atoms with E-state index in [1.165, 1.54) is 38.5 Å². The molecule has 2 aromatic carbocycles. The summed E-state index contributed by atoms with van der Waals surface area (Å²) in [7, 11) is 2.95. The molecule has 2 rings (SSSR count). The number of halogens is 2. The predicted molar refractivity (Wildman–Crippen MR) is 90.9 cm³/mol. The molecule has 6 nitrogen and oxygen atoms in total. The third-order valence-corrected chi connectivity index (χ3v) is 3.67. The van der Waals surface area contributed by atoms with E-state index in [-0.39, 0.29) is 16.1 Å². The van der Waals surface area contributed by atoms with Crippen LogP contribution in [-0.4, -0.2) is 26.0 Å². The summed E-state index contributed by atoms with van der Waals surface area (Å²) in [5.41, 5.74) is 5.01. The standard InChI is InChI=1S/C16H14Cl2N2O4/c1-23-13-6-3-9(7-14(13)24-2)15(21)19-20-16(22)11-8-10(17)4-5-12(11)18/h3-8H,1-2H3,(H,19,21)(H,20,22). The van der Waals surface area contributed by atoms with Gasteiger partial charge in [0.1, 0.15) is 0 Å². The zero-order valence-corrected chi connectivity index (χ0v) is 14.4. The number of hydrazine groups is 1. The van der Waals surface area contributed by atoms with Crippen LogP contribution in [0, 0.1) is 0 Å². The lowest BCUT2D eigenvalue weighted by Crippen LogP contribution is -2.41. The van der Waals surface area contributed by atoms with E-state index in [4.69, 9.17) is 32.7 Å². The predicted octanol–water partition coefficient (Wildman–Crippen LogP) is 3.09. The fraction of sp³-hybridized carbons (Fsp3) is 0.125. The molecule has 0 saturated carbocycles. The van der Waals surface area contributed by atoms with Gasteiger partial charge in [-0.15, -0.1) is 0 Å². The molecule has 0 atom stereocenters. The number of carbonyl (C=O) groups is 2. The van der Waals surface area contributed by atoms with Crippen LogP contribution in [0.15, 0.2) is 36.4 Å². The smallest absolute Gasteiger partial charge is 0.271 e. The Morgan fingerprint density at radius 3 is 2.21 bits per heavy atom. The normalized spacial score (nSPS) is 10.0. The molecule has 2 amide bonds. The summed E-state index contributed by atoms with van der Waals surface area (Å²) in [4.78, 5) is 24.2. The first-order valence-electron chi connectivity index (χ1n) is 6.74. The van der Waals surface area contributed by atoms with Crippen LogP contribution in [0.1, 0.15) is 20.7 Å². The summed E-state index contributed by atoms with van der Waals surface area (Å²) >= 11 is 11.8. The maximum absolute atomic E-state index is 12.1. The minimum absolute atomic E-state index is 0.150. The highest BCUT2D eigenvalue weighted by Crippen LogP contribution is 2.27. The molecule has 2 N–H and O–H groups in total. The van der Waals surface area contributed by atoms with Gasteiger partial charge in [-0.2, -0.15) is 0 Å². The number of hydrogen-bond donors (Lipinski definition) is 2. The topological polar surface area (TPSA) is 76.7 Å². The average Bonchev–Trinajstić information content (AvgIpc) is 2.60. The number of rotatable bonds is 4. The molecule has 0 unspecified atom stereocenters. The maximum atomic E-state index is 12.1. The fourth-order valence-corrected chi connectivity index (χ4v) is 2.28. The first kappa shape index (κ1) is 17.9. The van der Waals surface area contributed by atoms with Crippen LogP contribution in [0.25, 0.3) is 0 Å². The van der Waals surface area contributed by atoms with E-state index in [9.17, 15) is 9.59 Å². The molecule has 0 aromatic heterocycles. The van der Waals surface area contributed by atoms with Crippen molar-refractivity contribution in [2.45, 2.75) is 0 Å². The zero-order chi connectivity index (χ0) is 17.7. The number of nitrogens with one attached hydrogen (secondary N) is 2. The first-order valence-corrected chi connectivity index (χ1v) is 7.49. The van der Waals surface area contributed by atoms with Crippen LogP contribution < -0.4 is 20.3 Å². The van der Waals surface area contributed by atoms with Gasteiger partial charge in [0, 0.05) is 10.6 Å². The van der Waals surface area contributed by atoms with Crippen molar-refractivity contribution in [3.8, 4) is 11.5 Å². The molecule has 0 aliphatic heterocycles. The number of methoxy groups -OCH3 is 2. The lowest BCUT2D eigenvalue weighted by molar-refractivity contribution is 0.0846. The lowest BCUT2D eigenvalue weighted by atomic mass is 10.2. The Morgan fingerprint density at radius 2 is 1.54 bits per heavy atom. The Labute approximate surface area is 148 Å². The van der Waals surface area contributed by atoms with Crippen LogP contribution in [0.2, 0.25) is 10.0 Å². The Balaban J connectivity index is 2.07. The van der Waals surface area contributed by atoms with Crippen molar-refractivity contribution in [3.63, 3.8) is 0 Å².